The molecule has 0 saturated heterocycles. The monoisotopic (exact) mass is 241 g/mol. The predicted octanol–water partition coefficient (Wildman–Crippen LogP) is 3.50. The molecule has 1 aromatic carbocycles. The van der Waals surface area contributed by atoms with Crippen LogP contribution in [0.3, 0.4) is 0 Å². The highest BCUT2D eigenvalue weighted by Gasteiger charge is 2.28. The zero-order valence-corrected chi connectivity index (χ0v) is 11.3. The summed E-state index contributed by atoms with van der Waals surface area (Å²) in [5, 5.41) is 3.69. The van der Waals surface area contributed by atoms with Crippen LogP contribution in [-0.4, -0.2) is 12.6 Å². The molecule has 1 aromatic rings. The highest BCUT2D eigenvalue weighted by molar-refractivity contribution is 5.36. The number of benzene rings is 1. The molecule has 0 amide bonds. The van der Waals surface area contributed by atoms with Gasteiger partial charge in [-0.3, -0.25) is 0 Å². The van der Waals surface area contributed by atoms with E-state index >= 15 is 0 Å². The first kappa shape index (κ1) is 13.2. The summed E-state index contributed by atoms with van der Waals surface area (Å²) in [4.78, 5) is 0. The molecule has 1 heteroatoms. The summed E-state index contributed by atoms with van der Waals surface area (Å²) in [6.45, 7) is 3.31. The fourth-order valence-electron chi connectivity index (χ4n) is 3.02. The SMILES string of the molecule is C#CCCC(NCCC)C1CCc2ccccc21. The number of rotatable bonds is 6. The van der Waals surface area contributed by atoms with E-state index < -0.39 is 0 Å². The molecule has 0 aliphatic heterocycles. The van der Waals surface area contributed by atoms with E-state index in [2.05, 4.69) is 42.4 Å². The molecule has 18 heavy (non-hydrogen) atoms. The van der Waals surface area contributed by atoms with Gasteiger partial charge in [0, 0.05) is 12.5 Å². The number of hydrogen-bond acceptors (Lipinski definition) is 1. The van der Waals surface area contributed by atoms with Gasteiger partial charge in [0.05, 0.1) is 0 Å². The lowest BCUT2D eigenvalue weighted by Crippen LogP contribution is -2.34. The van der Waals surface area contributed by atoms with E-state index in [1.165, 1.54) is 24.8 Å². The average molecular weight is 241 g/mol. The second-order valence-electron chi connectivity index (χ2n) is 5.15. The van der Waals surface area contributed by atoms with Crippen LogP contribution in [0.5, 0.6) is 0 Å². The van der Waals surface area contributed by atoms with Crippen LogP contribution in [0.15, 0.2) is 24.3 Å². The Kier molecular flexibility index (Phi) is 4.84. The topological polar surface area (TPSA) is 12.0 Å². The third kappa shape index (κ3) is 2.94. The third-order valence-corrected chi connectivity index (χ3v) is 3.92. The van der Waals surface area contributed by atoms with Gasteiger partial charge in [0.2, 0.25) is 0 Å². The van der Waals surface area contributed by atoms with Gasteiger partial charge < -0.3 is 5.32 Å². The molecule has 1 aliphatic rings. The van der Waals surface area contributed by atoms with Crippen molar-refractivity contribution in [3.05, 3.63) is 35.4 Å². The number of nitrogens with one attached hydrogen (secondary N) is 1. The quantitative estimate of drug-likeness (QED) is 0.752. The summed E-state index contributed by atoms with van der Waals surface area (Å²) in [5.74, 6) is 3.44. The van der Waals surface area contributed by atoms with Crippen molar-refractivity contribution in [3.8, 4) is 12.3 Å². The van der Waals surface area contributed by atoms with Crippen molar-refractivity contribution in [2.45, 2.75) is 51.0 Å². The van der Waals surface area contributed by atoms with E-state index in [1.807, 2.05) is 0 Å². The van der Waals surface area contributed by atoms with E-state index in [-0.39, 0.29) is 0 Å². The fourth-order valence-corrected chi connectivity index (χ4v) is 3.02. The van der Waals surface area contributed by atoms with Crippen LogP contribution < -0.4 is 5.32 Å². The first-order valence-electron chi connectivity index (χ1n) is 7.11. The second-order valence-corrected chi connectivity index (χ2v) is 5.15. The second kappa shape index (κ2) is 6.61. The molecule has 0 heterocycles. The van der Waals surface area contributed by atoms with Crippen LogP contribution in [0, 0.1) is 12.3 Å². The molecule has 1 aliphatic carbocycles. The van der Waals surface area contributed by atoms with Crippen molar-refractivity contribution >= 4 is 0 Å². The van der Waals surface area contributed by atoms with Crippen LogP contribution in [0.2, 0.25) is 0 Å². The van der Waals surface area contributed by atoms with Crippen LogP contribution in [-0.2, 0) is 6.42 Å². The number of fused-ring (bicyclic) bond motifs is 1. The Balaban J connectivity index is 2.09. The first-order chi connectivity index (χ1) is 8.86. The molecule has 2 unspecified atom stereocenters. The molecule has 1 N–H and O–H groups in total. The van der Waals surface area contributed by atoms with E-state index in [0.29, 0.717) is 12.0 Å². The van der Waals surface area contributed by atoms with Gasteiger partial charge in [-0.25, -0.2) is 0 Å². The van der Waals surface area contributed by atoms with Gasteiger partial charge in [-0.1, -0.05) is 31.2 Å². The van der Waals surface area contributed by atoms with Crippen molar-refractivity contribution < 1.29 is 0 Å². The van der Waals surface area contributed by atoms with Crippen molar-refractivity contribution in [1.29, 1.82) is 0 Å². The Bertz CT molecular complexity index is 416. The minimum absolute atomic E-state index is 0.546. The van der Waals surface area contributed by atoms with Crippen LogP contribution in [0.4, 0.5) is 0 Å². The Morgan fingerprint density at radius 1 is 1.44 bits per heavy atom. The van der Waals surface area contributed by atoms with Gasteiger partial charge in [0.1, 0.15) is 0 Å². The van der Waals surface area contributed by atoms with Crippen molar-refractivity contribution in [2.24, 2.45) is 0 Å². The van der Waals surface area contributed by atoms with Crippen LogP contribution in [0.1, 0.15) is 49.7 Å². The molecule has 0 radical (unpaired) electrons. The molecule has 0 aromatic heterocycles. The number of aryl methyl sites for hydroxylation is 1. The van der Waals surface area contributed by atoms with Crippen LogP contribution in [0.25, 0.3) is 0 Å². The molecule has 96 valence electrons. The van der Waals surface area contributed by atoms with Gasteiger partial charge in [-0.2, -0.15) is 0 Å². The largest absolute Gasteiger partial charge is 0.313 e. The Hall–Kier alpha value is -1.26. The van der Waals surface area contributed by atoms with Gasteiger partial charge in [0.15, 0.2) is 0 Å². The molecule has 2 atom stereocenters. The maximum Gasteiger partial charge on any atom is 0.0145 e. The summed E-state index contributed by atoms with van der Waals surface area (Å²) < 4.78 is 0. The first-order valence-corrected chi connectivity index (χ1v) is 7.11. The molecule has 0 saturated carbocycles. The maximum absolute atomic E-state index is 5.42. The summed E-state index contributed by atoms with van der Waals surface area (Å²) in [6.07, 6.45) is 11.1. The van der Waals surface area contributed by atoms with Gasteiger partial charge >= 0.3 is 0 Å². The van der Waals surface area contributed by atoms with Crippen LogP contribution >= 0.6 is 0 Å². The highest BCUT2D eigenvalue weighted by atomic mass is 14.9. The van der Waals surface area contributed by atoms with E-state index in [4.69, 9.17) is 6.42 Å². The van der Waals surface area contributed by atoms with E-state index in [9.17, 15) is 0 Å². The molecule has 1 nitrogen and oxygen atoms in total. The van der Waals surface area contributed by atoms with Gasteiger partial charge in [0.25, 0.3) is 0 Å². The van der Waals surface area contributed by atoms with Crippen molar-refractivity contribution in [1.82, 2.24) is 5.32 Å². The molecular weight excluding hydrogens is 218 g/mol. The average Bonchev–Trinajstić information content (AvgIpc) is 2.83. The Morgan fingerprint density at radius 2 is 2.28 bits per heavy atom. The molecule has 0 fully saturated rings. The Morgan fingerprint density at radius 3 is 3.06 bits per heavy atom. The number of hydrogen-bond donors (Lipinski definition) is 1. The normalized spacial score (nSPS) is 19.2. The lowest BCUT2D eigenvalue weighted by atomic mass is 9.90. The minimum Gasteiger partial charge on any atom is -0.313 e. The maximum atomic E-state index is 5.42. The molecule has 0 bridgehead atoms. The van der Waals surface area contributed by atoms with E-state index in [0.717, 1.165) is 19.4 Å². The van der Waals surface area contributed by atoms with E-state index in [1.54, 1.807) is 5.56 Å². The number of terminal acetylenes is 1. The summed E-state index contributed by atoms with van der Waals surface area (Å²) in [7, 11) is 0. The highest BCUT2D eigenvalue weighted by Crippen LogP contribution is 2.36. The van der Waals surface area contributed by atoms with Gasteiger partial charge in [-0.15, -0.1) is 12.3 Å². The van der Waals surface area contributed by atoms with Crippen molar-refractivity contribution in [3.63, 3.8) is 0 Å². The predicted molar refractivity (Wildman–Crippen MR) is 77.7 cm³/mol. The smallest absolute Gasteiger partial charge is 0.0145 e. The Labute approximate surface area is 111 Å². The van der Waals surface area contributed by atoms with Crippen molar-refractivity contribution in [2.75, 3.05) is 6.54 Å². The minimum atomic E-state index is 0.546. The molecular formula is C17H23N. The zero-order chi connectivity index (χ0) is 12.8. The lowest BCUT2D eigenvalue weighted by molar-refractivity contribution is 0.409. The standard InChI is InChI=1S/C17H23N/c1-3-5-10-17(18-13-4-2)16-12-11-14-8-6-7-9-15(14)16/h1,6-9,16-18H,4-5,10-13H2,2H3. The zero-order valence-electron chi connectivity index (χ0n) is 11.3. The molecule has 2 rings (SSSR count). The summed E-state index contributed by atoms with van der Waals surface area (Å²) in [5.41, 5.74) is 3.08. The summed E-state index contributed by atoms with van der Waals surface area (Å²) >= 11 is 0. The molecule has 0 spiro atoms. The third-order valence-electron chi connectivity index (χ3n) is 3.92. The lowest BCUT2D eigenvalue weighted by Gasteiger charge is -2.25. The fraction of sp³-hybridized carbons (Fsp3) is 0.529. The van der Waals surface area contributed by atoms with Gasteiger partial charge in [-0.05, 0) is 49.3 Å². The summed E-state index contributed by atoms with van der Waals surface area (Å²) in [6, 6.07) is 9.42.